The highest BCUT2D eigenvalue weighted by Gasteiger charge is 2.29. The summed E-state index contributed by atoms with van der Waals surface area (Å²) in [5.41, 5.74) is 0. The Morgan fingerprint density at radius 3 is 2.48 bits per heavy atom. The highest BCUT2D eigenvalue weighted by Crippen LogP contribution is 2.21. The molecular formula is C18H26N4O2S. The third-order valence-electron chi connectivity index (χ3n) is 4.79. The van der Waals surface area contributed by atoms with Crippen LogP contribution in [0.15, 0.2) is 29.4 Å². The molecule has 136 valence electrons. The molecule has 1 N–H and O–H groups in total. The molecule has 6 nitrogen and oxygen atoms in total. The van der Waals surface area contributed by atoms with E-state index in [2.05, 4.69) is 10.3 Å². The molecule has 1 aromatic rings. The summed E-state index contributed by atoms with van der Waals surface area (Å²) in [6.07, 6.45) is 5.62. The predicted molar refractivity (Wildman–Crippen MR) is 98.5 cm³/mol. The number of amides is 3. The number of carbonyl (C=O) groups is 2. The third kappa shape index (κ3) is 4.87. The lowest BCUT2D eigenvalue weighted by Crippen LogP contribution is -2.50. The van der Waals surface area contributed by atoms with E-state index in [1.54, 1.807) is 6.20 Å². The van der Waals surface area contributed by atoms with Crippen LogP contribution in [0.2, 0.25) is 0 Å². The van der Waals surface area contributed by atoms with Gasteiger partial charge in [0.05, 0.1) is 10.3 Å². The molecule has 2 aliphatic rings. The second-order valence-corrected chi connectivity index (χ2v) is 8.04. The Bertz CT molecular complexity index is 584. The molecule has 3 heterocycles. The van der Waals surface area contributed by atoms with Gasteiger partial charge in [-0.1, -0.05) is 17.8 Å². The number of likely N-dealkylation sites (tertiary alicyclic amines) is 2. The van der Waals surface area contributed by atoms with Gasteiger partial charge in [-0.25, -0.2) is 9.78 Å². The van der Waals surface area contributed by atoms with Gasteiger partial charge in [0.2, 0.25) is 5.91 Å². The lowest BCUT2D eigenvalue weighted by Gasteiger charge is -2.35. The molecule has 2 aliphatic heterocycles. The zero-order valence-electron chi connectivity index (χ0n) is 14.7. The van der Waals surface area contributed by atoms with Crippen LogP contribution < -0.4 is 5.32 Å². The first kappa shape index (κ1) is 18.0. The van der Waals surface area contributed by atoms with Crippen LogP contribution >= 0.6 is 11.8 Å². The van der Waals surface area contributed by atoms with Crippen molar-refractivity contribution < 1.29 is 9.59 Å². The van der Waals surface area contributed by atoms with Crippen LogP contribution in [-0.2, 0) is 4.79 Å². The van der Waals surface area contributed by atoms with Gasteiger partial charge in [-0.05, 0) is 44.7 Å². The van der Waals surface area contributed by atoms with Gasteiger partial charge < -0.3 is 15.1 Å². The number of hydrogen-bond acceptors (Lipinski definition) is 4. The van der Waals surface area contributed by atoms with Crippen LogP contribution in [0.4, 0.5) is 4.79 Å². The van der Waals surface area contributed by atoms with Crippen molar-refractivity contribution in [1.82, 2.24) is 20.1 Å². The molecule has 1 aromatic heterocycles. The van der Waals surface area contributed by atoms with Gasteiger partial charge in [0, 0.05) is 38.4 Å². The van der Waals surface area contributed by atoms with Crippen molar-refractivity contribution in [2.24, 2.45) is 0 Å². The highest BCUT2D eigenvalue weighted by atomic mass is 32.2. The quantitative estimate of drug-likeness (QED) is 0.835. The maximum atomic E-state index is 12.4. The Labute approximate surface area is 153 Å². The molecule has 1 unspecified atom stereocenters. The maximum absolute atomic E-state index is 12.4. The monoisotopic (exact) mass is 362 g/mol. The molecule has 2 saturated heterocycles. The Kier molecular flexibility index (Phi) is 6.18. The number of nitrogens with zero attached hydrogens (tertiary/aromatic N) is 3. The fraction of sp³-hybridized carbons (Fsp3) is 0.611. The van der Waals surface area contributed by atoms with Crippen LogP contribution in [0.1, 0.15) is 32.6 Å². The molecule has 0 aromatic carbocycles. The standard InChI is InChI=1S/C18H26N4O2S/c1-14(25-16-6-2-3-9-19-16)17(23)20-15-7-12-22(13-8-15)18(24)21-10-4-5-11-21/h2-3,6,9,14-15H,4-5,7-8,10-13H2,1H3,(H,20,23). The van der Waals surface area contributed by atoms with Crippen LogP contribution in [0.25, 0.3) is 0 Å². The number of pyridine rings is 1. The zero-order valence-corrected chi connectivity index (χ0v) is 15.5. The summed E-state index contributed by atoms with van der Waals surface area (Å²) in [5.74, 6) is 0.0416. The van der Waals surface area contributed by atoms with E-state index in [1.807, 2.05) is 34.9 Å². The zero-order chi connectivity index (χ0) is 17.6. The van der Waals surface area contributed by atoms with Gasteiger partial charge >= 0.3 is 6.03 Å². The molecule has 0 bridgehead atoms. The number of thioether (sulfide) groups is 1. The summed E-state index contributed by atoms with van der Waals surface area (Å²) >= 11 is 1.47. The number of carbonyl (C=O) groups excluding carboxylic acids is 2. The van der Waals surface area contributed by atoms with Crippen molar-refractivity contribution in [3.63, 3.8) is 0 Å². The minimum atomic E-state index is -0.181. The number of piperidine rings is 1. The third-order valence-corrected chi connectivity index (χ3v) is 5.84. The van der Waals surface area contributed by atoms with Crippen molar-refractivity contribution >= 4 is 23.7 Å². The molecule has 2 fully saturated rings. The molecule has 0 saturated carbocycles. The van der Waals surface area contributed by atoms with Crippen LogP contribution in [-0.4, -0.2) is 64.2 Å². The van der Waals surface area contributed by atoms with Crippen molar-refractivity contribution in [1.29, 1.82) is 0 Å². The van der Waals surface area contributed by atoms with Crippen LogP contribution in [0.5, 0.6) is 0 Å². The van der Waals surface area contributed by atoms with E-state index in [4.69, 9.17) is 0 Å². The minimum absolute atomic E-state index is 0.0416. The van der Waals surface area contributed by atoms with E-state index in [9.17, 15) is 9.59 Å². The Morgan fingerprint density at radius 2 is 1.84 bits per heavy atom. The van der Waals surface area contributed by atoms with E-state index in [0.717, 1.165) is 56.9 Å². The number of urea groups is 1. The summed E-state index contributed by atoms with van der Waals surface area (Å²) in [7, 11) is 0. The number of nitrogens with one attached hydrogen (secondary N) is 1. The summed E-state index contributed by atoms with van der Waals surface area (Å²) < 4.78 is 0. The SMILES string of the molecule is CC(Sc1ccccn1)C(=O)NC1CCN(C(=O)N2CCCC2)CC1. The summed E-state index contributed by atoms with van der Waals surface area (Å²) in [6, 6.07) is 6.03. The fourth-order valence-corrected chi connectivity index (χ4v) is 4.11. The van der Waals surface area contributed by atoms with Gasteiger partial charge in [0.25, 0.3) is 0 Å². The molecule has 0 spiro atoms. The number of rotatable bonds is 4. The first-order chi connectivity index (χ1) is 12.1. The maximum Gasteiger partial charge on any atom is 0.319 e. The second-order valence-electron chi connectivity index (χ2n) is 6.67. The van der Waals surface area contributed by atoms with Crippen LogP contribution in [0, 0.1) is 0 Å². The summed E-state index contributed by atoms with van der Waals surface area (Å²) in [4.78, 5) is 32.9. The average Bonchev–Trinajstić information content (AvgIpc) is 3.17. The van der Waals surface area contributed by atoms with Gasteiger partial charge in [-0.3, -0.25) is 4.79 Å². The molecule has 0 aliphatic carbocycles. The first-order valence-corrected chi connectivity index (χ1v) is 9.93. The lowest BCUT2D eigenvalue weighted by atomic mass is 10.1. The minimum Gasteiger partial charge on any atom is -0.352 e. The second kappa shape index (κ2) is 8.56. The lowest BCUT2D eigenvalue weighted by molar-refractivity contribution is -0.121. The Balaban J connectivity index is 1.42. The van der Waals surface area contributed by atoms with Crippen molar-refractivity contribution in [2.75, 3.05) is 26.2 Å². The van der Waals surface area contributed by atoms with Gasteiger partial charge in [0.1, 0.15) is 0 Å². The topological polar surface area (TPSA) is 65.5 Å². The molecule has 0 radical (unpaired) electrons. The van der Waals surface area contributed by atoms with E-state index >= 15 is 0 Å². The first-order valence-electron chi connectivity index (χ1n) is 9.05. The molecule has 3 rings (SSSR count). The number of aromatic nitrogens is 1. The molecule has 3 amide bonds. The van der Waals surface area contributed by atoms with E-state index in [1.165, 1.54) is 11.8 Å². The van der Waals surface area contributed by atoms with Crippen molar-refractivity contribution in [3.05, 3.63) is 24.4 Å². The number of hydrogen-bond donors (Lipinski definition) is 1. The fourth-order valence-electron chi connectivity index (χ4n) is 3.29. The molecule has 1 atom stereocenters. The van der Waals surface area contributed by atoms with E-state index in [0.29, 0.717) is 0 Å². The largest absolute Gasteiger partial charge is 0.352 e. The molecule has 7 heteroatoms. The normalized spacial score (nSPS) is 19.7. The smallest absolute Gasteiger partial charge is 0.319 e. The summed E-state index contributed by atoms with van der Waals surface area (Å²) in [6.45, 7) is 5.13. The Morgan fingerprint density at radius 1 is 1.16 bits per heavy atom. The van der Waals surface area contributed by atoms with E-state index < -0.39 is 0 Å². The van der Waals surface area contributed by atoms with Gasteiger partial charge in [-0.2, -0.15) is 0 Å². The van der Waals surface area contributed by atoms with Crippen molar-refractivity contribution in [3.8, 4) is 0 Å². The predicted octanol–water partition coefficient (Wildman–Crippen LogP) is 2.36. The Hall–Kier alpha value is -1.76. The summed E-state index contributed by atoms with van der Waals surface area (Å²) in [5, 5.41) is 3.81. The van der Waals surface area contributed by atoms with Gasteiger partial charge in [0.15, 0.2) is 0 Å². The van der Waals surface area contributed by atoms with Crippen LogP contribution in [0.3, 0.4) is 0 Å². The average molecular weight is 362 g/mol. The van der Waals surface area contributed by atoms with Crippen molar-refractivity contribution in [2.45, 2.75) is 48.9 Å². The molecule has 25 heavy (non-hydrogen) atoms. The van der Waals surface area contributed by atoms with E-state index in [-0.39, 0.29) is 23.2 Å². The van der Waals surface area contributed by atoms with Gasteiger partial charge in [-0.15, -0.1) is 0 Å². The highest BCUT2D eigenvalue weighted by molar-refractivity contribution is 8.00. The molecular weight excluding hydrogens is 336 g/mol.